The van der Waals surface area contributed by atoms with Crippen molar-refractivity contribution in [2.75, 3.05) is 4.90 Å². The molecule has 0 saturated carbocycles. The van der Waals surface area contributed by atoms with Crippen molar-refractivity contribution in [2.24, 2.45) is 0 Å². The molecule has 2 heterocycles. The summed E-state index contributed by atoms with van der Waals surface area (Å²) in [6.07, 6.45) is 0. The summed E-state index contributed by atoms with van der Waals surface area (Å²) in [7, 11) is 0. The summed E-state index contributed by atoms with van der Waals surface area (Å²) in [6, 6.07) is 80.6. The van der Waals surface area contributed by atoms with Crippen molar-refractivity contribution in [3.63, 3.8) is 0 Å². The molecule has 0 atom stereocenters. The lowest BCUT2D eigenvalue weighted by atomic mass is 9.95. The van der Waals surface area contributed by atoms with Crippen molar-refractivity contribution in [3.8, 4) is 67.9 Å². The molecule has 9 aromatic carbocycles. The highest BCUT2D eigenvalue weighted by Gasteiger charge is 2.21. The number of hydrogen-bond acceptors (Lipinski definition) is 4. The number of fused-ring (bicyclic) bond motifs is 3. The zero-order valence-electron chi connectivity index (χ0n) is 35.6. The Bertz CT molecular complexity index is 3530. The molecule has 0 radical (unpaired) electrons. The minimum atomic E-state index is 0.459. The molecule has 0 saturated heterocycles. The fourth-order valence-electron chi connectivity index (χ4n) is 8.88. The SMILES string of the molecule is [C-]#[N+]c1cc(-c2ccc(-c3ccc(-c4cc(-c5ccccc5)nc(-c5ccccc5)n4)cc3)cc2)c(C#N)cc1-n1c2ccccc2c2cc(N(c3ccccc3)c3ccccc3)ccc21. The Labute approximate surface area is 383 Å². The number of para-hydroxylation sites is 3. The van der Waals surface area contributed by atoms with Crippen LogP contribution >= 0.6 is 0 Å². The lowest BCUT2D eigenvalue weighted by Gasteiger charge is -2.25. The first-order valence-corrected chi connectivity index (χ1v) is 21.7. The van der Waals surface area contributed by atoms with Crippen LogP contribution in [0.1, 0.15) is 5.56 Å². The highest BCUT2D eigenvalue weighted by atomic mass is 15.1. The first-order chi connectivity index (χ1) is 32.6. The third kappa shape index (κ3) is 7.31. The number of benzene rings is 9. The zero-order valence-corrected chi connectivity index (χ0v) is 35.6. The number of nitriles is 1. The molecule has 0 bridgehead atoms. The van der Waals surface area contributed by atoms with Crippen LogP contribution in [0.5, 0.6) is 0 Å². The first kappa shape index (κ1) is 39.5. The van der Waals surface area contributed by atoms with E-state index in [-0.39, 0.29) is 0 Å². The molecule has 2 aromatic heterocycles. The maximum Gasteiger partial charge on any atom is 0.211 e. The molecular weight excluding hydrogens is 805 g/mol. The van der Waals surface area contributed by atoms with Crippen molar-refractivity contribution in [2.45, 2.75) is 0 Å². The second kappa shape index (κ2) is 17.1. The van der Waals surface area contributed by atoms with Crippen LogP contribution in [0.3, 0.4) is 0 Å². The van der Waals surface area contributed by atoms with E-state index in [9.17, 15) is 5.26 Å². The summed E-state index contributed by atoms with van der Waals surface area (Å²) in [5, 5.41) is 12.8. The first-order valence-electron chi connectivity index (χ1n) is 21.7. The quantitative estimate of drug-likeness (QED) is 0.136. The average Bonchev–Trinajstić information content (AvgIpc) is 3.73. The van der Waals surface area contributed by atoms with Crippen LogP contribution in [0.15, 0.2) is 231 Å². The van der Waals surface area contributed by atoms with Crippen molar-refractivity contribution in [3.05, 3.63) is 248 Å². The van der Waals surface area contributed by atoms with E-state index in [4.69, 9.17) is 16.5 Å². The van der Waals surface area contributed by atoms with E-state index >= 15 is 0 Å². The molecule has 0 spiro atoms. The molecule has 11 aromatic rings. The molecule has 0 fully saturated rings. The Morgan fingerprint density at radius 1 is 0.439 bits per heavy atom. The standard InChI is InChI=1S/C60H38N6/c1-62-56-38-52(43-30-26-41(27-31-43)42-28-32-45(33-29-42)55-39-54(44-16-6-2-7-17-44)63-60(64-55)46-18-8-3-9-19-46)47(40-61)36-59(56)66-57-25-15-14-24-51(57)53-37-50(34-35-58(53)66)65(48-20-10-4-11-21-48)49-22-12-5-13-23-49/h2-39H. The zero-order chi connectivity index (χ0) is 44.4. The smallest absolute Gasteiger partial charge is 0.211 e. The highest BCUT2D eigenvalue weighted by molar-refractivity contribution is 6.11. The van der Waals surface area contributed by atoms with Gasteiger partial charge in [-0.2, -0.15) is 5.26 Å². The molecule has 11 rings (SSSR count). The normalized spacial score (nSPS) is 11.0. The van der Waals surface area contributed by atoms with Crippen LogP contribution in [0.2, 0.25) is 0 Å². The molecule has 6 heteroatoms. The minimum Gasteiger partial charge on any atom is -0.319 e. The molecule has 0 N–H and O–H groups in total. The van der Waals surface area contributed by atoms with Gasteiger partial charge in [-0.15, -0.1) is 0 Å². The van der Waals surface area contributed by atoms with Gasteiger partial charge >= 0.3 is 0 Å². The predicted octanol–water partition coefficient (Wildman–Crippen LogP) is 15.8. The van der Waals surface area contributed by atoms with E-state index in [0.29, 0.717) is 28.3 Å². The van der Waals surface area contributed by atoms with E-state index in [1.807, 2.05) is 103 Å². The summed E-state index contributed by atoms with van der Waals surface area (Å²) in [4.78, 5) is 16.3. The van der Waals surface area contributed by atoms with Crippen LogP contribution in [0, 0.1) is 17.9 Å². The Morgan fingerprint density at radius 2 is 0.939 bits per heavy atom. The van der Waals surface area contributed by atoms with E-state index in [1.54, 1.807) is 0 Å². The van der Waals surface area contributed by atoms with Gasteiger partial charge in [0.25, 0.3) is 0 Å². The Morgan fingerprint density at radius 3 is 1.53 bits per heavy atom. The number of nitrogens with zero attached hydrogens (tertiary/aromatic N) is 6. The van der Waals surface area contributed by atoms with Gasteiger partial charge in [-0.1, -0.05) is 164 Å². The van der Waals surface area contributed by atoms with Gasteiger partial charge < -0.3 is 9.47 Å². The number of aromatic nitrogens is 3. The summed E-state index contributed by atoms with van der Waals surface area (Å²) in [5.74, 6) is 0.677. The maximum absolute atomic E-state index is 10.7. The lowest BCUT2D eigenvalue weighted by Crippen LogP contribution is -2.09. The second-order valence-corrected chi connectivity index (χ2v) is 16.0. The number of hydrogen-bond donors (Lipinski definition) is 0. The number of rotatable bonds is 9. The van der Waals surface area contributed by atoms with E-state index < -0.39 is 0 Å². The van der Waals surface area contributed by atoms with Gasteiger partial charge in [0.1, 0.15) is 0 Å². The molecule has 0 aliphatic carbocycles. The van der Waals surface area contributed by atoms with E-state index in [1.165, 1.54) is 0 Å². The van der Waals surface area contributed by atoms with Gasteiger partial charge in [-0.25, -0.2) is 14.8 Å². The van der Waals surface area contributed by atoms with Crippen molar-refractivity contribution in [1.82, 2.24) is 14.5 Å². The van der Waals surface area contributed by atoms with Crippen molar-refractivity contribution < 1.29 is 0 Å². The monoisotopic (exact) mass is 842 g/mol. The highest BCUT2D eigenvalue weighted by Crippen LogP contribution is 2.42. The second-order valence-electron chi connectivity index (χ2n) is 16.0. The van der Waals surface area contributed by atoms with Crippen LogP contribution < -0.4 is 4.90 Å². The van der Waals surface area contributed by atoms with Crippen molar-refractivity contribution >= 4 is 44.6 Å². The maximum atomic E-state index is 10.7. The largest absolute Gasteiger partial charge is 0.319 e. The average molecular weight is 843 g/mol. The Balaban J connectivity index is 0.931. The fourth-order valence-corrected chi connectivity index (χ4v) is 8.88. The van der Waals surface area contributed by atoms with Crippen molar-refractivity contribution in [1.29, 1.82) is 5.26 Å². The molecule has 0 unspecified atom stereocenters. The van der Waals surface area contributed by atoms with Gasteiger partial charge in [0.05, 0.1) is 46.3 Å². The van der Waals surface area contributed by atoms with Crippen LogP contribution in [0.4, 0.5) is 22.7 Å². The Kier molecular flexibility index (Phi) is 10.2. The van der Waals surface area contributed by atoms with Gasteiger partial charge in [0.15, 0.2) is 5.82 Å². The number of anilines is 3. The predicted molar refractivity (Wildman–Crippen MR) is 269 cm³/mol. The summed E-state index contributed by atoms with van der Waals surface area (Å²) >= 11 is 0. The molecule has 0 amide bonds. The van der Waals surface area contributed by atoms with Gasteiger partial charge in [-0.05, 0) is 89.0 Å². The molecule has 6 nitrogen and oxygen atoms in total. The third-order valence-electron chi connectivity index (χ3n) is 12.1. The Hall–Kier alpha value is -9.36. The summed E-state index contributed by atoms with van der Waals surface area (Å²) < 4.78 is 2.13. The fraction of sp³-hybridized carbons (Fsp3) is 0. The van der Waals surface area contributed by atoms with Gasteiger partial charge in [-0.3, -0.25) is 0 Å². The molecule has 66 heavy (non-hydrogen) atoms. The molecular formula is C60H38N6. The summed E-state index contributed by atoms with van der Waals surface area (Å²) in [6.45, 7) is 8.42. The van der Waals surface area contributed by atoms with Gasteiger partial charge in [0, 0.05) is 44.5 Å². The molecule has 0 aliphatic rings. The summed E-state index contributed by atoms with van der Waals surface area (Å²) in [5.41, 5.74) is 15.0. The van der Waals surface area contributed by atoms with Gasteiger partial charge in [0.2, 0.25) is 5.69 Å². The molecule has 308 valence electrons. The molecule has 0 aliphatic heterocycles. The topological polar surface area (TPSA) is 62.1 Å². The lowest BCUT2D eigenvalue weighted by molar-refractivity contribution is 1.18. The van der Waals surface area contributed by atoms with E-state index in [0.717, 1.165) is 83.6 Å². The third-order valence-corrected chi connectivity index (χ3v) is 12.1. The van der Waals surface area contributed by atoms with Crippen LogP contribution in [0.25, 0.3) is 88.5 Å². The van der Waals surface area contributed by atoms with Crippen LogP contribution in [-0.4, -0.2) is 14.5 Å². The van der Waals surface area contributed by atoms with E-state index in [2.05, 4.69) is 148 Å². The van der Waals surface area contributed by atoms with Crippen LogP contribution in [-0.2, 0) is 0 Å². The minimum absolute atomic E-state index is 0.459.